The largest absolute Gasteiger partial charge is 0.525 e. The molecule has 0 aromatic rings. The van der Waals surface area contributed by atoms with Crippen molar-refractivity contribution in [2.75, 3.05) is 0 Å². The number of alkyl halides is 7. The highest BCUT2D eigenvalue weighted by molar-refractivity contribution is 14.1. The van der Waals surface area contributed by atoms with Gasteiger partial charge in [-0.3, -0.25) is 0 Å². The zero-order valence-electron chi connectivity index (χ0n) is 6.09. The maximum atomic E-state index is 12.6. The van der Waals surface area contributed by atoms with E-state index in [9.17, 15) is 30.7 Å². The molecular formula is C5H2F7IO. The number of hydrogen-bond acceptors (Lipinski definition) is 1. The fourth-order valence-corrected chi connectivity index (χ4v) is 0.898. The summed E-state index contributed by atoms with van der Waals surface area (Å²) < 4.78 is 84.9. The van der Waals surface area contributed by atoms with Gasteiger partial charge in [0.05, 0.1) is 0 Å². The minimum atomic E-state index is -5.79. The van der Waals surface area contributed by atoms with E-state index in [0.29, 0.717) is 4.08 Å². The molecule has 0 aromatic carbocycles. The molecule has 0 heterocycles. The smallest absolute Gasteiger partial charge is 0.242 e. The van der Waals surface area contributed by atoms with E-state index in [1.165, 1.54) is 0 Å². The van der Waals surface area contributed by atoms with E-state index in [1.54, 1.807) is 0 Å². The molecule has 0 aromatic heterocycles. The average Bonchev–Trinajstić information content (AvgIpc) is 1.79. The van der Waals surface area contributed by atoms with Gasteiger partial charge in [-0.2, -0.15) is 17.6 Å². The lowest BCUT2D eigenvalue weighted by Crippen LogP contribution is -2.45. The van der Waals surface area contributed by atoms with Crippen molar-refractivity contribution in [2.45, 2.75) is 18.4 Å². The fraction of sp³-hybridized carbons (Fsp3) is 0.600. The quantitative estimate of drug-likeness (QED) is 0.551. The van der Waals surface area contributed by atoms with Crippen molar-refractivity contribution >= 4 is 22.6 Å². The van der Waals surface area contributed by atoms with Gasteiger partial charge in [-0.25, -0.2) is 4.74 Å². The third-order valence-corrected chi connectivity index (χ3v) is 1.29. The molecule has 0 aliphatic carbocycles. The number of hydrogen-bond donors (Lipinski definition) is 0. The Morgan fingerprint density at radius 2 is 1.36 bits per heavy atom. The predicted octanol–water partition coefficient (Wildman–Crippen LogP) is 3.70. The monoisotopic (exact) mass is 338 g/mol. The number of ether oxygens (including phenoxy) is 1. The Bertz CT molecular complexity index is 219. The van der Waals surface area contributed by atoms with Gasteiger partial charge in [0.25, 0.3) is 0 Å². The van der Waals surface area contributed by atoms with Gasteiger partial charge in [0, 0.05) is 0 Å². The van der Waals surface area contributed by atoms with Gasteiger partial charge in [-0.1, -0.05) is 22.6 Å². The summed E-state index contributed by atoms with van der Waals surface area (Å²) in [7, 11) is 0. The topological polar surface area (TPSA) is 9.23 Å². The second-order valence-corrected chi connectivity index (χ2v) is 2.70. The molecule has 1 atom stereocenters. The molecule has 0 aliphatic heterocycles. The van der Waals surface area contributed by atoms with Crippen LogP contribution < -0.4 is 0 Å². The summed E-state index contributed by atoms with van der Waals surface area (Å²) in [6, 6.07) is 0. The zero-order valence-corrected chi connectivity index (χ0v) is 8.24. The SMILES string of the molecule is FC(F)(F)O[C@@](F)(/C=C\I)C(F)(F)F. The van der Waals surface area contributed by atoms with E-state index < -0.39 is 18.4 Å². The zero-order chi connectivity index (χ0) is 11.6. The van der Waals surface area contributed by atoms with E-state index in [2.05, 4.69) is 4.74 Å². The molecule has 0 fully saturated rings. The fourth-order valence-electron chi connectivity index (χ4n) is 0.436. The van der Waals surface area contributed by atoms with E-state index in [0.717, 1.165) is 22.6 Å². The van der Waals surface area contributed by atoms with Crippen LogP contribution in [-0.4, -0.2) is 18.4 Å². The molecule has 0 amide bonds. The molecule has 0 spiro atoms. The second-order valence-electron chi connectivity index (χ2n) is 1.98. The van der Waals surface area contributed by atoms with Gasteiger partial charge in [0.15, 0.2) is 0 Å². The standard InChI is InChI=1S/C5H2F7IO/c6-3(1-2-13,4(7,8)9)14-5(10,11)12/h1-2H/b2-1-/t3-/m0/s1. The molecule has 0 rings (SSSR count). The average molecular weight is 338 g/mol. The second kappa shape index (κ2) is 4.21. The Balaban J connectivity index is 4.93. The molecule has 84 valence electrons. The highest BCUT2D eigenvalue weighted by Crippen LogP contribution is 2.40. The highest BCUT2D eigenvalue weighted by Gasteiger charge is 2.61. The van der Waals surface area contributed by atoms with E-state index in [4.69, 9.17) is 0 Å². The molecule has 0 bridgehead atoms. The summed E-state index contributed by atoms with van der Waals surface area (Å²) in [5.41, 5.74) is 0. The summed E-state index contributed by atoms with van der Waals surface area (Å²) in [6.45, 7) is 0. The maximum absolute atomic E-state index is 12.6. The third kappa shape index (κ3) is 3.98. The first-order valence-corrected chi connectivity index (χ1v) is 4.07. The molecule has 14 heavy (non-hydrogen) atoms. The van der Waals surface area contributed by atoms with E-state index in [-0.39, 0.29) is 6.08 Å². The Morgan fingerprint density at radius 3 is 1.57 bits per heavy atom. The molecule has 0 unspecified atom stereocenters. The van der Waals surface area contributed by atoms with Crippen molar-refractivity contribution in [1.29, 1.82) is 0 Å². The van der Waals surface area contributed by atoms with Gasteiger partial charge in [-0.05, 0) is 10.2 Å². The van der Waals surface area contributed by atoms with Crippen molar-refractivity contribution in [3.63, 3.8) is 0 Å². The third-order valence-electron chi connectivity index (χ3n) is 0.928. The summed E-state index contributed by atoms with van der Waals surface area (Å²) in [5.74, 6) is -4.84. The van der Waals surface area contributed by atoms with Crippen molar-refractivity contribution in [1.82, 2.24) is 0 Å². The van der Waals surface area contributed by atoms with Gasteiger partial charge in [0.1, 0.15) is 0 Å². The summed E-state index contributed by atoms with van der Waals surface area (Å²) in [4.78, 5) is 0. The normalized spacial score (nSPS) is 18.6. The van der Waals surface area contributed by atoms with Crippen molar-refractivity contribution in [3.05, 3.63) is 10.2 Å². The Morgan fingerprint density at radius 1 is 0.929 bits per heavy atom. The summed E-state index contributed by atoms with van der Waals surface area (Å²) >= 11 is 1.14. The molecule has 0 N–H and O–H groups in total. The summed E-state index contributed by atoms with van der Waals surface area (Å²) in [6.07, 6.45) is -11.9. The molecule has 0 radical (unpaired) electrons. The van der Waals surface area contributed by atoms with E-state index >= 15 is 0 Å². The van der Waals surface area contributed by atoms with Crippen molar-refractivity contribution in [3.8, 4) is 0 Å². The molecular weight excluding hydrogens is 336 g/mol. The van der Waals surface area contributed by atoms with Gasteiger partial charge >= 0.3 is 18.4 Å². The van der Waals surface area contributed by atoms with Crippen LogP contribution in [0.25, 0.3) is 0 Å². The van der Waals surface area contributed by atoms with Crippen molar-refractivity contribution in [2.24, 2.45) is 0 Å². The minimum Gasteiger partial charge on any atom is -0.242 e. The van der Waals surface area contributed by atoms with Crippen LogP contribution in [0, 0.1) is 0 Å². The first-order chi connectivity index (χ1) is 6.02. The van der Waals surface area contributed by atoms with Gasteiger partial charge in [-0.15, -0.1) is 13.2 Å². The van der Waals surface area contributed by atoms with Crippen LogP contribution in [0.4, 0.5) is 30.7 Å². The van der Waals surface area contributed by atoms with Crippen LogP contribution in [0.1, 0.15) is 0 Å². The van der Waals surface area contributed by atoms with Crippen LogP contribution in [-0.2, 0) is 4.74 Å². The highest BCUT2D eigenvalue weighted by atomic mass is 127. The van der Waals surface area contributed by atoms with Crippen LogP contribution in [0.2, 0.25) is 0 Å². The Hall–Kier alpha value is -0.0600. The lowest BCUT2D eigenvalue weighted by molar-refractivity contribution is -0.432. The lowest BCUT2D eigenvalue weighted by Gasteiger charge is -2.25. The Kier molecular flexibility index (Phi) is 4.19. The number of halogens is 8. The first kappa shape index (κ1) is 13.9. The van der Waals surface area contributed by atoms with Gasteiger partial charge in [0.2, 0.25) is 0 Å². The van der Waals surface area contributed by atoms with Crippen LogP contribution in [0.5, 0.6) is 0 Å². The van der Waals surface area contributed by atoms with Gasteiger partial charge < -0.3 is 0 Å². The number of rotatable bonds is 2. The Labute approximate surface area is 87.0 Å². The first-order valence-electron chi connectivity index (χ1n) is 2.82. The molecule has 0 saturated heterocycles. The van der Waals surface area contributed by atoms with Crippen LogP contribution >= 0.6 is 22.6 Å². The maximum Gasteiger partial charge on any atom is 0.525 e. The minimum absolute atomic E-state index is 0.374. The predicted molar refractivity (Wildman–Crippen MR) is 40.2 cm³/mol. The molecule has 0 saturated carbocycles. The lowest BCUT2D eigenvalue weighted by atomic mass is 10.3. The van der Waals surface area contributed by atoms with Crippen LogP contribution in [0.3, 0.4) is 0 Å². The van der Waals surface area contributed by atoms with Crippen molar-refractivity contribution < 1.29 is 35.5 Å². The van der Waals surface area contributed by atoms with Crippen LogP contribution in [0.15, 0.2) is 10.2 Å². The van der Waals surface area contributed by atoms with E-state index in [1.807, 2.05) is 0 Å². The molecule has 9 heteroatoms. The molecule has 1 nitrogen and oxygen atoms in total. The molecule has 0 aliphatic rings. The summed E-state index contributed by atoms with van der Waals surface area (Å²) in [5, 5.41) is 0.